The number of rotatable bonds is 4. The van der Waals surface area contributed by atoms with Gasteiger partial charge in [0.05, 0.1) is 28.6 Å². The lowest BCUT2D eigenvalue weighted by Crippen LogP contribution is -1.97. The lowest BCUT2D eigenvalue weighted by atomic mass is 10.1. The van der Waals surface area contributed by atoms with Crippen LogP contribution >= 0.6 is 0 Å². The second-order valence-corrected chi connectivity index (χ2v) is 8.99. The summed E-state index contributed by atoms with van der Waals surface area (Å²) < 4.78 is 2.27. The van der Waals surface area contributed by atoms with Crippen LogP contribution in [0, 0.1) is 0 Å². The largest absolute Gasteiger partial charge is 0.308 e. The van der Waals surface area contributed by atoms with E-state index < -0.39 is 0 Å². The topological polar surface area (TPSA) is 43.6 Å². The minimum absolute atomic E-state index is 0.717. The van der Waals surface area contributed by atoms with Gasteiger partial charge in [0.15, 0.2) is 5.82 Å². The molecule has 0 fully saturated rings. The van der Waals surface area contributed by atoms with E-state index in [1.165, 1.54) is 10.8 Å². The van der Waals surface area contributed by atoms with Crippen molar-refractivity contribution in [3.8, 4) is 39.6 Å². The van der Waals surface area contributed by atoms with Crippen LogP contribution < -0.4 is 0 Å². The molecule has 4 aromatic carbocycles. The Hall–Kier alpha value is -5.09. The Balaban J connectivity index is 1.37. The average Bonchev–Trinajstić information content (AvgIpc) is 3.32. The molecule has 174 valence electrons. The molecule has 0 unspecified atom stereocenters. The van der Waals surface area contributed by atoms with Crippen LogP contribution in [-0.2, 0) is 0 Å². The van der Waals surface area contributed by atoms with E-state index in [9.17, 15) is 0 Å². The molecule has 4 heteroatoms. The molecule has 0 saturated carbocycles. The summed E-state index contributed by atoms with van der Waals surface area (Å²) in [4.78, 5) is 14.3. The molecule has 0 saturated heterocycles. The van der Waals surface area contributed by atoms with Gasteiger partial charge >= 0.3 is 0 Å². The third kappa shape index (κ3) is 3.76. The third-order valence-corrected chi connectivity index (χ3v) is 6.73. The van der Waals surface area contributed by atoms with Gasteiger partial charge in [0.1, 0.15) is 0 Å². The van der Waals surface area contributed by atoms with Gasteiger partial charge in [-0.3, -0.25) is 4.98 Å². The Kier molecular flexibility index (Phi) is 5.07. The summed E-state index contributed by atoms with van der Waals surface area (Å²) in [5.74, 6) is 0.717. The zero-order valence-corrected chi connectivity index (χ0v) is 20.0. The highest BCUT2D eigenvalue weighted by Crippen LogP contribution is 2.33. The normalized spacial score (nSPS) is 11.2. The number of pyridine rings is 1. The van der Waals surface area contributed by atoms with Crippen molar-refractivity contribution in [1.29, 1.82) is 0 Å². The van der Waals surface area contributed by atoms with Crippen molar-refractivity contribution >= 4 is 21.8 Å². The number of hydrogen-bond donors (Lipinski definition) is 0. The molecule has 0 amide bonds. The molecular weight excluding hydrogens is 452 g/mol. The Bertz CT molecular complexity index is 1740. The van der Waals surface area contributed by atoms with E-state index in [0.29, 0.717) is 0 Å². The van der Waals surface area contributed by atoms with E-state index in [4.69, 9.17) is 9.97 Å². The SMILES string of the molecule is c1ccc(-c2cc(-c3ccc(-n4c5ccccc5c5ccncc54)cc3)nc(-c3ccccc3)n2)cc1. The fraction of sp³-hybridized carbons (Fsp3) is 0. The van der Waals surface area contributed by atoms with E-state index >= 15 is 0 Å². The predicted octanol–water partition coefficient (Wildman–Crippen LogP) is 7.97. The van der Waals surface area contributed by atoms with Gasteiger partial charge < -0.3 is 4.57 Å². The van der Waals surface area contributed by atoms with Crippen LogP contribution in [0.1, 0.15) is 0 Å². The van der Waals surface area contributed by atoms with Crippen molar-refractivity contribution < 1.29 is 0 Å². The molecule has 0 bridgehead atoms. The molecule has 3 aromatic heterocycles. The third-order valence-electron chi connectivity index (χ3n) is 6.73. The molecule has 3 heterocycles. The summed E-state index contributed by atoms with van der Waals surface area (Å²) in [6.45, 7) is 0. The minimum Gasteiger partial charge on any atom is -0.308 e. The van der Waals surface area contributed by atoms with E-state index in [-0.39, 0.29) is 0 Å². The number of benzene rings is 4. The van der Waals surface area contributed by atoms with E-state index in [2.05, 4.69) is 82.3 Å². The quantitative estimate of drug-likeness (QED) is 0.260. The summed E-state index contributed by atoms with van der Waals surface area (Å²) in [7, 11) is 0. The second-order valence-electron chi connectivity index (χ2n) is 8.99. The van der Waals surface area contributed by atoms with E-state index in [1.54, 1.807) is 0 Å². The Morgan fingerprint density at radius 2 is 1.08 bits per heavy atom. The summed E-state index contributed by atoms with van der Waals surface area (Å²) in [5, 5.41) is 2.42. The molecule has 7 rings (SSSR count). The fourth-order valence-electron chi connectivity index (χ4n) is 4.95. The van der Waals surface area contributed by atoms with Crippen LogP contribution in [0.3, 0.4) is 0 Å². The first-order valence-electron chi connectivity index (χ1n) is 12.3. The molecule has 37 heavy (non-hydrogen) atoms. The summed E-state index contributed by atoms with van der Waals surface area (Å²) in [5.41, 5.74) is 8.25. The molecule has 0 N–H and O–H groups in total. The zero-order valence-electron chi connectivity index (χ0n) is 20.0. The molecule has 0 radical (unpaired) electrons. The number of aromatic nitrogens is 4. The zero-order chi connectivity index (χ0) is 24.6. The van der Waals surface area contributed by atoms with Crippen LogP contribution in [0.25, 0.3) is 61.4 Å². The number of fused-ring (bicyclic) bond motifs is 3. The van der Waals surface area contributed by atoms with Gasteiger partial charge in [0, 0.05) is 39.3 Å². The lowest BCUT2D eigenvalue weighted by Gasteiger charge is -2.11. The molecule has 0 aliphatic rings. The van der Waals surface area contributed by atoms with E-state index in [0.717, 1.165) is 50.6 Å². The maximum atomic E-state index is 4.96. The monoisotopic (exact) mass is 474 g/mol. The first-order chi connectivity index (χ1) is 18.3. The molecule has 4 nitrogen and oxygen atoms in total. The summed E-state index contributed by atoms with van der Waals surface area (Å²) in [6.07, 6.45) is 3.79. The first-order valence-corrected chi connectivity index (χ1v) is 12.3. The van der Waals surface area contributed by atoms with Gasteiger partial charge in [0.2, 0.25) is 0 Å². The summed E-state index contributed by atoms with van der Waals surface area (Å²) >= 11 is 0. The van der Waals surface area contributed by atoms with Crippen LogP contribution in [0.15, 0.2) is 134 Å². The Morgan fingerprint density at radius 3 is 1.81 bits per heavy atom. The average molecular weight is 475 g/mol. The van der Waals surface area contributed by atoms with Gasteiger partial charge in [0.25, 0.3) is 0 Å². The van der Waals surface area contributed by atoms with Crippen molar-refractivity contribution in [2.45, 2.75) is 0 Å². The van der Waals surface area contributed by atoms with Gasteiger partial charge in [-0.15, -0.1) is 0 Å². The highest BCUT2D eigenvalue weighted by molar-refractivity contribution is 6.08. The van der Waals surface area contributed by atoms with Crippen molar-refractivity contribution in [1.82, 2.24) is 19.5 Å². The van der Waals surface area contributed by atoms with Crippen LogP contribution in [0.5, 0.6) is 0 Å². The molecular formula is C33H22N4. The van der Waals surface area contributed by atoms with Crippen molar-refractivity contribution in [2.24, 2.45) is 0 Å². The number of nitrogens with zero attached hydrogens (tertiary/aromatic N) is 4. The van der Waals surface area contributed by atoms with Crippen LogP contribution in [-0.4, -0.2) is 19.5 Å². The molecule has 0 aliphatic heterocycles. The molecule has 7 aromatic rings. The molecule has 0 atom stereocenters. The van der Waals surface area contributed by atoms with E-state index in [1.807, 2.05) is 60.9 Å². The number of hydrogen-bond acceptors (Lipinski definition) is 3. The van der Waals surface area contributed by atoms with Gasteiger partial charge in [-0.1, -0.05) is 91.0 Å². The maximum Gasteiger partial charge on any atom is 0.160 e. The predicted molar refractivity (Wildman–Crippen MR) is 150 cm³/mol. The molecule has 0 spiro atoms. The maximum absolute atomic E-state index is 4.96. The summed E-state index contributed by atoms with van der Waals surface area (Å²) in [6, 6.07) is 41.6. The van der Waals surface area contributed by atoms with Crippen molar-refractivity contribution in [2.75, 3.05) is 0 Å². The highest BCUT2D eigenvalue weighted by Gasteiger charge is 2.13. The fourth-order valence-corrected chi connectivity index (χ4v) is 4.95. The Morgan fingerprint density at radius 1 is 0.486 bits per heavy atom. The van der Waals surface area contributed by atoms with Gasteiger partial charge in [-0.2, -0.15) is 0 Å². The lowest BCUT2D eigenvalue weighted by molar-refractivity contribution is 1.16. The smallest absolute Gasteiger partial charge is 0.160 e. The van der Waals surface area contributed by atoms with Crippen molar-refractivity contribution in [3.05, 3.63) is 134 Å². The first kappa shape index (κ1) is 21.2. The van der Waals surface area contributed by atoms with Crippen LogP contribution in [0.4, 0.5) is 0 Å². The van der Waals surface area contributed by atoms with Gasteiger partial charge in [-0.25, -0.2) is 9.97 Å². The minimum atomic E-state index is 0.717. The van der Waals surface area contributed by atoms with Crippen molar-refractivity contribution in [3.63, 3.8) is 0 Å². The van der Waals surface area contributed by atoms with Crippen LogP contribution in [0.2, 0.25) is 0 Å². The standard InChI is InChI=1S/C33H22N4/c1-3-9-23(10-4-1)29-21-30(36-33(35-29)25-11-5-2-6-12-25)24-15-17-26(18-16-24)37-31-14-8-7-13-27(31)28-19-20-34-22-32(28)37/h1-22H. The van der Waals surface area contributed by atoms with Gasteiger partial charge in [-0.05, 0) is 30.3 Å². The molecule has 0 aliphatic carbocycles. The number of para-hydroxylation sites is 1. The highest BCUT2D eigenvalue weighted by atomic mass is 15.0. The Labute approximate surface area is 214 Å². The second kappa shape index (κ2) is 8.85.